The van der Waals surface area contributed by atoms with E-state index >= 15 is 0 Å². The molecule has 0 fully saturated rings. The molecule has 0 aliphatic rings. The third-order valence-corrected chi connectivity index (χ3v) is 4.28. The molecule has 0 aliphatic heterocycles. The summed E-state index contributed by atoms with van der Waals surface area (Å²) < 4.78 is 9.61. The van der Waals surface area contributed by atoms with E-state index in [2.05, 4.69) is 5.32 Å². The molecular formula is C13H12ClNO4S. The van der Waals surface area contributed by atoms with Gasteiger partial charge >= 0.3 is 5.97 Å². The topological polar surface area (TPSA) is 68.5 Å². The largest absolute Gasteiger partial charge is 0.465 e. The van der Waals surface area contributed by atoms with Crippen LogP contribution in [-0.2, 0) is 4.74 Å². The first-order valence-electron chi connectivity index (χ1n) is 5.68. The van der Waals surface area contributed by atoms with Crippen LogP contribution >= 0.6 is 22.9 Å². The smallest absolute Gasteiger partial charge is 0.341 e. The maximum Gasteiger partial charge on any atom is 0.341 e. The number of hydrogen-bond donors (Lipinski definition) is 1. The Morgan fingerprint density at radius 2 is 2.10 bits per heavy atom. The van der Waals surface area contributed by atoms with Gasteiger partial charge < -0.3 is 14.5 Å². The fraction of sp³-hybridized carbons (Fsp3) is 0.231. The number of furan rings is 1. The van der Waals surface area contributed by atoms with Crippen LogP contribution in [0, 0.1) is 13.8 Å². The van der Waals surface area contributed by atoms with Gasteiger partial charge in [-0.1, -0.05) is 0 Å². The number of carbonyl (C=O) groups excluding carboxylic acids is 2. The van der Waals surface area contributed by atoms with E-state index in [1.165, 1.54) is 30.8 Å². The average molecular weight is 314 g/mol. The summed E-state index contributed by atoms with van der Waals surface area (Å²) in [6, 6.07) is 1.46. The molecule has 0 aromatic carbocycles. The van der Waals surface area contributed by atoms with Gasteiger partial charge in [0, 0.05) is 4.88 Å². The average Bonchev–Trinajstić information content (AvgIpc) is 2.94. The quantitative estimate of drug-likeness (QED) is 0.878. The number of ether oxygens (including phenoxy) is 1. The van der Waals surface area contributed by atoms with Crippen LogP contribution < -0.4 is 5.32 Å². The second-order valence-corrected chi connectivity index (χ2v) is 5.61. The first-order chi connectivity index (χ1) is 9.45. The highest BCUT2D eigenvalue weighted by atomic mass is 35.5. The minimum atomic E-state index is -0.486. The molecule has 2 aromatic rings. The summed E-state index contributed by atoms with van der Waals surface area (Å²) in [5.74, 6) is -0.921. The molecular weight excluding hydrogens is 302 g/mol. The second kappa shape index (κ2) is 5.68. The fourth-order valence-corrected chi connectivity index (χ4v) is 2.93. The number of carbonyl (C=O) groups is 2. The number of halogens is 1. The van der Waals surface area contributed by atoms with Crippen LogP contribution in [0.3, 0.4) is 0 Å². The maximum atomic E-state index is 12.1. The highest BCUT2D eigenvalue weighted by Gasteiger charge is 2.23. The number of nitrogens with one attached hydrogen (secondary N) is 1. The van der Waals surface area contributed by atoms with Crippen molar-refractivity contribution in [1.82, 2.24) is 0 Å². The van der Waals surface area contributed by atoms with E-state index in [4.69, 9.17) is 20.8 Å². The van der Waals surface area contributed by atoms with Crippen LogP contribution in [0.5, 0.6) is 0 Å². The lowest BCUT2D eigenvalue weighted by atomic mass is 10.1. The van der Waals surface area contributed by atoms with Crippen LogP contribution in [0.25, 0.3) is 0 Å². The molecule has 2 aromatic heterocycles. The molecule has 2 heterocycles. The molecule has 106 valence electrons. The number of amides is 1. The molecule has 0 saturated carbocycles. The van der Waals surface area contributed by atoms with Gasteiger partial charge in [-0.2, -0.15) is 0 Å². The Labute approximate surface area is 124 Å². The predicted molar refractivity (Wildman–Crippen MR) is 76.8 cm³/mol. The van der Waals surface area contributed by atoms with Gasteiger partial charge in [-0.15, -0.1) is 11.3 Å². The number of rotatable bonds is 3. The van der Waals surface area contributed by atoms with Gasteiger partial charge in [0.2, 0.25) is 5.22 Å². The monoisotopic (exact) mass is 313 g/mol. The number of esters is 1. The van der Waals surface area contributed by atoms with Crippen LogP contribution in [0.1, 0.15) is 31.2 Å². The minimum Gasteiger partial charge on any atom is -0.465 e. The van der Waals surface area contributed by atoms with E-state index in [0.29, 0.717) is 10.6 Å². The molecule has 0 spiro atoms. The van der Waals surface area contributed by atoms with Crippen molar-refractivity contribution in [3.8, 4) is 0 Å². The van der Waals surface area contributed by atoms with Gasteiger partial charge in [0.25, 0.3) is 5.91 Å². The molecule has 0 bridgehead atoms. The zero-order valence-electron chi connectivity index (χ0n) is 11.1. The van der Waals surface area contributed by atoms with E-state index < -0.39 is 11.9 Å². The Kier molecular flexibility index (Phi) is 4.15. The minimum absolute atomic E-state index is 0.00659. The third-order valence-electron chi connectivity index (χ3n) is 2.86. The zero-order chi connectivity index (χ0) is 14.9. The van der Waals surface area contributed by atoms with Crippen molar-refractivity contribution in [2.24, 2.45) is 0 Å². The number of anilines is 1. The molecule has 0 unspecified atom stereocenters. The molecule has 0 radical (unpaired) electrons. The summed E-state index contributed by atoms with van der Waals surface area (Å²) in [4.78, 5) is 24.8. The molecule has 1 amide bonds. The molecule has 7 heteroatoms. The number of hydrogen-bond acceptors (Lipinski definition) is 5. The highest BCUT2D eigenvalue weighted by molar-refractivity contribution is 7.16. The molecule has 0 aliphatic carbocycles. The van der Waals surface area contributed by atoms with Gasteiger partial charge in [-0.25, -0.2) is 4.79 Å². The van der Waals surface area contributed by atoms with Crippen LogP contribution in [0.4, 0.5) is 5.00 Å². The van der Waals surface area contributed by atoms with Crippen LogP contribution in [0.2, 0.25) is 5.22 Å². The van der Waals surface area contributed by atoms with Gasteiger partial charge in [-0.05, 0) is 37.1 Å². The van der Waals surface area contributed by atoms with Gasteiger partial charge in [0.05, 0.1) is 24.5 Å². The Morgan fingerprint density at radius 3 is 2.65 bits per heavy atom. The number of methoxy groups -OCH3 is 1. The Balaban J connectivity index is 2.35. The van der Waals surface area contributed by atoms with Gasteiger partial charge in [0.1, 0.15) is 5.00 Å². The normalized spacial score (nSPS) is 10.4. The fourth-order valence-electron chi connectivity index (χ4n) is 1.69. The predicted octanol–water partition coefficient (Wildman–Crippen LogP) is 3.65. The van der Waals surface area contributed by atoms with Crippen molar-refractivity contribution in [2.45, 2.75) is 13.8 Å². The summed E-state index contributed by atoms with van der Waals surface area (Å²) in [7, 11) is 1.30. The van der Waals surface area contributed by atoms with Crippen molar-refractivity contribution in [3.05, 3.63) is 39.1 Å². The molecule has 0 atom stereocenters. The van der Waals surface area contributed by atoms with Crippen molar-refractivity contribution in [1.29, 1.82) is 0 Å². The summed E-state index contributed by atoms with van der Waals surface area (Å²) in [6.45, 7) is 3.67. The summed E-state index contributed by atoms with van der Waals surface area (Å²) >= 11 is 7.06. The third kappa shape index (κ3) is 2.57. The van der Waals surface area contributed by atoms with Crippen molar-refractivity contribution < 1.29 is 18.7 Å². The lowest BCUT2D eigenvalue weighted by molar-refractivity contribution is 0.0601. The summed E-state index contributed by atoms with van der Waals surface area (Å²) in [6.07, 6.45) is 1.32. The molecule has 20 heavy (non-hydrogen) atoms. The van der Waals surface area contributed by atoms with Gasteiger partial charge in [0.15, 0.2) is 0 Å². The van der Waals surface area contributed by atoms with Crippen molar-refractivity contribution in [2.75, 3.05) is 12.4 Å². The molecule has 2 rings (SSSR count). The lowest BCUT2D eigenvalue weighted by Gasteiger charge is -2.05. The first-order valence-corrected chi connectivity index (χ1v) is 6.87. The first kappa shape index (κ1) is 14.6. The molecule has 0 saturated heterocycles. The van der Waals surface area contributed by atoms with E-state index in [9.17, 15) is 9.59 Å². The summed E-state index contributed by atoms with van der Waals surface area (Å²) in [5, 5.41) is 3.11. The van der Waals surface area contributed by atoms with Crippen molar-refractivity contribution >= 4 is 39.8 Å². The van der Waals surface area contributed by atoms with E-state index in [1.54, 1.807) is 6.92 Å². The van der Waals surface area contributed by atoms with Crippen molar-refractivity contribution in [3.63, 3.8) is 0 Å². The SMILES string of the molecule is COC(=O)c1c(NC(=O)c2ccoc2Cl)sc(C)c1C. The standard InChI is InChI=1S/C13H12ClNO4S/c1-6-7(2)20-12(9(6)13(17)18-3)15-11(16)8-4-5-19-10(8)14/h4-5H,1-3H3,(H,15,16). The maximum absolute atomic E-state index is 12.1. The Hall–Kier alpha value is -1.79. The Morgan fingerprint density at radius 1 is 1.40 bits per heavy atom. The summed E-state index contributed by atoms with van der Waals surface area (Å²) in [5.41, 5.74) is 1.37. The Bertz CT molecular complexity index is 674. The van der Waals surface area contributed by atoms with Gasteiger partial charge in [-0.3, -0.25) is 4.79 Å². The van der Waals surface area contributed by atoms with E-state index in [0.717, 1.165) is 10.4 Å². The molecule has 1 N–H and O–H groups in total. The van der Waals surface area contributed by atoms with E-state index in [1.807, 2.05) is 6.92 Å². The van der Waals surface area contributed by atoms with Crippen LogP contribution in [-0.4, -0.2) is 19.0 Å². The number of aryl methyl sites for hydroxylation is 1. The van der Waals surface area contributed by atoms with E-state index in [-0.39, 0.29) is 10.8 Å². The van der Waals surface area contributed by atoms with Crippen LogP contribution in [0.15, 0.2) is 16.7 Å². The zero-order valence-corrected chi connectivity index (χ0v) is 12.6. The highest BCUT2D eigenvalue weighted by Crippen LogP contribution is 2.33. The molecule has 5 nitrogen and oxygen atoms in total. The lowest BCUT2D eigenvalue weighted by Crippen LogP contribution is -2.14. The number of thiophene rings is 1. The second-order valence-electron chi connectivity index (χ2n) is 4.04.